The van der Waals surface area contributed by atoms with Gasteiger partial charge in [0, 0.05) is 32.7 Å². The van der Waals surface area contributed by atoms with E-state index in [1.54, 1.807) is 0 Å². The number of carbonyl (C=O) groups excluding carboxylic acids is 1. The van der Waals surface area contributed by atoms with Crippen molar-refractivity contribution in [1.82, 2.24) is 4.90 Å². The lowest BCUT2D eigenvalue weighted by atomic mass is 10.2. The van der Waals surface area contributed by atoms with Gasteiger partial charge in [-0.05, 0) is 12.0 Å². The van der Waals surface area contributed by atoms with Crippen molar-refractivity contribution in [2.45, 2.75) is 13.8 Å². The van der Waals surface area contributed by atoms with Crippen molar-refractivity contribution in [3.8, 4) is 0 Å². The van der Waals surface area contributed by atoms with Crippen LogP contribution in [-0.2, 0) is 4.74 Å². The monoisotopic (exact) mass is 297 g/mol. The molecule has 0 bridgehead atoms. The molecule has 2 heterocycles. The summed E-state index contributed by atoms with van der Waals surface area (Å²) in [6, 6.07) is 1.88. The summed E-state index contributed by atoms with van der Waals surface area (Å²) in [4.78, 5) is 16.9. The summed E-state index contributed by atoms with van der Waals surface area (Å²) in [6.45, 7) is 9.71. The maximum absolute atomic E-state index is 11.6. The Balaban J connectivity index is 1.99. The van der Waals surface area contributed by atoms with Gasteiger partial charge in [0.25, 0.3) is 0 Å². The largest absolute Gasteiger partial charge is 0.465 e. The van der Waals surface area contributed by atoms with E-state index in [0.29, 0.717) is 16.5 Å². The average molecular weight is 297 g/mol. The highest BCUT2D eigenvalue weighted by Gasteiger charge is 2.22. The first-order chi connectivity index (χ1) is 9.51. The van der Waals surface area contributed by atoms with Gasteiger partial charge in [0.05, 0.1) is 17.8 Å². The molecule has 1 aliphatic heterocycles. The molecule has 0 unspecified atom stereocenters. The highest BCUT2D eigenvalue weighted by atomic mass is 32.1. The molecule has 1 fully saturated rings. The van der Waals surface area contributed by atoms with Gasteiger partial charge in [0.15, 0.2) is 0 Å². The van der Waals surface area contributed by atoms with E-state index in [9.17, 15) is 4.79 Å². The summed E-state index contributed by atoms with van der Waals surface area (Å²) in [6.07, 6.45) is 0. The summed E-state index contributed by atoms with van der Waals surface area (Å²) in [5, 5.41) is 1.06. The first kappa shape index (κ1) is 15.1. The van der Waals surface area contributed by atoms with E-state index in [-0.39, 0.29) is 5.97 Å². The quantitative estimate of drug-likeness (QED) is 0.860. The van der Waals surface area contributed by atoms with E-state index >= 15 is 0 Å². The highest BCUT2D eigenvalue weighted by molar-refractivity contribution is 7.18. The Morgan fingerprint density at radius 3 is 2.60 bits per heavy atom. The van der Waals surface area contributed by atoms with E-state index in [1.165, 1.54) is 18.4 Å². The molecule has 112 valence electrons. The van der Waals surface area contributed by atoms with Gasteiger partial charge < -0.3 is 15.4 Å². The van der Waals surface area contributed by atoms with Crippen molar-refractivity contribution in [2.75, 3.05) is 50.5 Å². The Kier molecular flexibility index (Phi) is 4.88. The number of rotatable bonds is 4. The molecular weight excluding hydrogens is 274 g/mol. The van der Waals surface area contributed by atoms with Gasteiger partial charge in [-0.2, -0.15) is 0 Å². The fourth-order valence-electron chi connectivity index (χ4n) is 2.47. The minimum atomic E-state index is -0.350. The number of carbonyl (C=O) groups is 1. The maximum Gasteiger partial charge on any atom is 0.350 e. The van der Waals surface area contributed by atoms with Gasteiger partial charge in [-0.3, -0.25) is 4.90 Å². The molecule has 0 radical (unpaired) electrons. The van der Waals surface area contributed by atoms with Gasteiger partial charge in [0.2, 0.25) is 0 Å². The summed E-state index contributed by atoms with van der Waals surface area (Å²) in [7, 11) is 1.38. The van der Waals surface area contributed by atoms with Crippen LogP contribution in [0.25, 0.3) is 0 Å². The molecule has 0 aromatic carbocycles. The van der Waals surface area contributed by atoms with Crippen LogP contribution in [0.1, 0.15) is 23.5 Å². The second-order valence-corrected chi connectivity index (χ2v) is 6.57. The highest BCUT2D eigenvalue weighted by Crippen LogP contribution is 2.33. The van der Waals surface area contributed by atoms with E-state index in [0.717, 1.165) is 37.7 Å². The van der Waals surface area contributed by atoms with E-state index in [2.05, 4.69) is 23.6 Å². The van der Waals surface area contributed by atoms with Gasteiger partial charge in [-0.1, -0.05) is 13.8 Å². The van der Waals surface area contributed by atoms with Crippen LogP contribution in [0.2, 0.25) is 0 Å². The number of piperazine rings is 1. The molecule has 1 aromatic heterocycles. The zero-order chi connectivity index (χ0) is 14.7. The lowest BCUT2D eigenvalue weighted by molar-refractivity contribution is 0.0607. The minimum absolute atomic E-state index is 0.350. The Labute approximate surface area is 124 Å². The minimum Gasteiger partial charge on any atom is -0.465 e. The molecule has 0 aliphatic carbocycles. The first-order valence-corrected chi connectivity index (χ1v) is 7.77. The summed E-state index contributed by atoms with van der Waals surface area (Å²) in [5.41, 5.74) is 6.41. The third kappa shape index (κ3) is 3.43. The maximum atomic E-state index is 11.6. The zero-order valence-electron chi connectivity index (χ0n) is 12.4. The van der Waals surface area contributed by atoms with Gasteiger partial charge in [-0.15, -0.1) is 11.3 Å². The molecule has 0 spiro atoms. The predicted molar refractivity (Wildman–Crippen MR) is 83.6 cm³/mol. The lowest BCUT2D eigenvalue weighted by Crippen LogP contribution is -2.47. The predicted octanol–water partition coefficient (Wildman–Crippen LogP) is 1.89. The molecular formula is C14H23N3O2S. The molecule has 20 heavy (non-hydrogen) atoms. The Morgan fingerprint density at radius 2 is 2.05 bits per heavy atom. The number of hydrogen-bond acceptors (Lipinski definition) is 6. The van der Waals surface area contributed by atoms with E-state index < -0.39 is 0 Å². The number of nitrogen functional groups attached to an aromatic ring is 1. The number of hydrogen-bond donors (Lipinski definition) is 1. The van der Waals surface area contributed by atoms with Crippen LogP contribution in [-0.4, -0.2) is 50.7 Å². The van der Waals surface area contributed by atoms with Crippen molar-refractivity contribution in [3.63, 3.8) is 0 Å². The van der Waals surface area contributed by atoms with Crippen molar-refractivity contribution in [3.05, 3.63) is 10.9 Å². The van der Waals surface area contributed by atoms with E-state index in [1.807, 2.05) is 6.07 Å². The third-order valence-corrected chi connectivity index (χ3v) is 4.62. The number of nitrogens with zero attached hydrogens (tertiary/aromatic N) is 2. The van der Waals surface area contributed by atoms with E-state index in [4.69, 9.17) is 10.5 Å². The Bertz CT molecular complexity index is 465. The van der Waals surface area contributed by atoms with Crippen LogP contribution >= 0.6 is 11.3 Å². The molecule has 5 nitrogen and oxygen atoms in total. The normalized spacial score (nSPS) is 16.7. The average Bonchev–Trinajstić information content (AvgIpc) is 2.80. The van der Waals surface area contributed by atoms with Crippen molar-refractivity contribution in [2.24, 2.45) is 5.92 Å². The van der Waals surface area contributed by atoms with Gasteiger partial charge in [0.1, 0.15) is 4.88 Å². The van der Waals surface area contributed by atoms with Crippen molar-refractivity contribution in [1.29, 1.82) is 0 Å². The van der Waals surface area contributed by atoms with Crippen LogP contribution in [0.3, 0.4) is 0 Å². The number of methoxy groups -OCH3 is 1. The second-order valence-electron chi connectivity index (χ2n) is 5.54. The molecule has 0 amide bonds. The molecule has 0 saturated carbocycles. The number of anilines is 2. The molecule has 0 atom stereocenters. The summed E-state index contributed by atoms with van der Waals surface area (Å²) in [5.74, 6) is 0.349. The Hall–Kier alpha value is -1.27. The van der Waals surface area contributed by atoms with Crippen molar-refractivity contribution >= 4 is 28.0 Å². The molecule has 1 aromatic rings. The van der Waals surface area contributed by atoms with Crippen LogP contribution < -0.4 is 10.6 Å². The van der Waals surface area contributed by atoms with Gasteiger partial charge in [-0.25, -0.2) is 4.79 Å². The third-order valence-electron chi connectivity index (χ3n) is 3.43. The molecule has 2 rings (SSSR count). The smallest absolute Gasteiger partial charge is 0.350 e. The van der Waals surface area contributed by atoms with Crippen LogP contribution in [0.5, 0.6) is 0 Å². The fourth-order valence-corrected chi connectivity index (χ4v) is 3.52. The summed E-state index contributed by atoms with van der Waals surface area (Å²) >= 11 is 1.42. The van der Waals surface area contributed by atoms with Crippen molar-refractivity contribution < 1.29 is 9.53 Å². The Morgan fingerprint density at radius 1 is 1.40 bits per heavy atom. The van der Waals surface area contributed by atoms with Gasteiger partial charge >= 0.3 is 5.97 Å². The number of nitrogens with two attached hydrogens (primary N) is 1. The van der Waals surface area contributed by atoms with Crippen LogP contribution in [0.15, 0.2) is 6.07 Å². The fraction of sp³-hybridized carbons (Fsp3) is 0.643. The number of thiophene rings is 1. The standard InChI is InChI=1S/C14H23N3O2S/c1-10(2)9-16-4-6-17(7-5-16)12-8-11(15)13(20-12)14(18)19-3/h8,10H,4-7,9,15H2,1-3H3. The topological polar surface area (TPSA) is 58.8 Å². The first-order valence-electron chi connectivity index (χ1n) is 6.96. The molecule has 6 heteroatoms. The zero-order valence-corrected chi connectivity index (χ0v) is 13.2. The summed E-state index contributed by atoms with van der Waals surface area (Å²) < 4.78 is 4.74. The van der Waals surface area contributed by atoms with Crippen LogP contribution in [0.4, 0.5) is 10.7 Å². The molecule has 2 N–H and O–H groups in total. The molecule has 1 aliphatic rings. The SMILES string of the molecule is COC(=O)c1sc(N2CCN(CC(C)C)CC2)cc1N. The number of ether oxygens (including phenoxy) is 1. The molecule has 1 saturated heterocycles. The lowest BCUT2D eigenvalue weighted by Gasteiger charge is -2.36. The van der Waals surface area contributed by atoms with Crippen LogP contribution in [0, 0.1) is 5.92 Å². The number of esters is 1. The second kappa shape index (κ2) is 6.45.